The number of carbonyl (C=O) groups is 2. The third-order valence-corrected chi connectivity index (χ3v) is 9.92. The van der Waals surface area contributed by atoms with E-state index in [0.717, 1.165) is 5.57 Å². The van der Waals surface area contributed by atoms with Crippen LogP contribution in [0.15, 0.2) is 23.8 Å². The van der Waals surface area contributed by atoms with Crippen LogP contribution in [-0.4, -0.2) is 70.1 Å². The molecule has 3 saturated carbocycles. The summed E-state index contributed by atoms with van der Waals surface area (Å²) in [5.74, 6) is -0.556. The van der Waals surface area contributed by atoms with Crippen LogP contribution in [0.5, 0.6) is 0 Å². The van der Waals surface area contributed by atoms with Crippen molar-refractivity contribution in [2.75, 3.05) is 19.7 Å². The van der Waals surface area contributed by atoms with Gasteiger partial charge in [0.25, 0.3) is 0 Å². The standard InChI is InChI=1S/C28H44N2O6/c1-4-6-23(35)36-28(22(34)17-30-13-5-14-31)12-9-21-26(28,3)16-20(33)24-25(2)10-8-19(32)15-18(25)7-11-27(21,24)29/h8,10,15,20-21,23-24,30-31,33,35H,4-7,9,11-14,16-17,29H2,1-3H3/t20?,21?,23?,24?,25-,26-,27+,28-/m0/s1. The monoisotopic (exact) mass is 504 g/mol. The quantitative estimate of drug-likeness (QED) is 0.224. The molecule has 4 unspecified atom stereocenters. The zero-order valence-electron chi connectivity index (χ0n) is 22.0. The summed E-state index contributed by atoms with van der Waals surface area (Å²) < 4.78 is 6.33. The number of allylic oxidation sites excluding steroid dienone is 4. The van der Waals surface area contributed by atoms with E-state index in [4.69, 9.17) is 15.6 Å². The van der Waals surface area contributed by atoms with Crippen LogP contribution in [0.1, 0.15) is 72.1 Å². The van der Waals surface area contributed by atoms with Gasteiger partial charge in [-0.3, -0.25) is 9.59 Å². The average molecular weight is 505 g/mol. The first-order chi connectivity index (χ1) is 17.0. The molecule has 0 aromatic carbocycles. The van der Waals surface area contributed by atoms with Gasteiger partial charge in [0.1, 0.15) is 5.60 Å². The van der Waals surface area contributed by atoms with Crippen molar-refractivity contribution in [3.63, 3.8) is 0 Å². The number of ketones is 2. The molecule has 4 rings (SSSR count). The lowest BCUT2D eigenvalue weighted by Gasteiger charge is -2.64. The normalized spacial score (nSPS) is 42.4. The SMILES string of the molecule is CCCC(O)O[C@]1(C(=O)CNCCCO)CCC2[C@]3(N)CCC4=CC(=O)C=C[C@]4(C)C3C(O)C[C@@]21C. The van der Waals surface area contributed by atoms with Gasteiger partial charge in [0.2, 0.25) is 0 Å². The highest BCUT2D eigenvalue weighted by Crippen LogP contribution is 2.68. The molecule has 36 heavy (non-hydrogen) atoms. The Bertz CT molecular complexity index is 935. The van der Waals surface area contributed by atoms with Gasteiger partial charge in [-0.2, -0.15) is 0 Å². The number of aliphatic hydroxyl groups excluding tert-OH is 3. The molecule has 4 aliphatic carbocycles. The van der Waals surface area contributed by atoms with Crippen molar-refractivity contribution in [1.29, 1.82) is 0 Å². The maximum atomic E-state index is 13.9. The second kappa shape index (κ2) is 10.0. The molecule has 0 aromatic rings. The topological polar surface area (TPSA) is 142 Å². The molecule has 0 radical (unpaired) electrons. The summed E-state index contributed by atoms with van der Waals surface area (Å²) in [4.78, 5) is 26.0. The second-order valence-corrected chi connectivity index (χ2v) is 11.9. The lowest BCUT2D eigenvalue weighted by Crippen LogP contribution is -2.73. The number of fused-ring (bicyclic) bond motifs is 5. The molecular weight excluding hydrogens is 460 g/mol. The summed E-state index contributed by atoms with van der Waals surface area (Å²) >= 11 is 0. The smallest absolute Gasteiger partial charge is 0.179 e. The van der Waals surface area contributed by atoms with Crippen LogP contribution >= 0.6 is 0 Å². The van der Waals surface area contributed by atoms with Gasteiger partial charge in [-0.15, -0.1) is 0 Å². The van der Waals surface area contributed by atoms with Gasteiger partial charge in [-0.25, -0.2) is 0 Å². The number of nitrogens with one attached hydrogen (secondary N) is 1. The van der Waals surface area contributed by atoms with Crippen LogP contribution in [0.2, 0.25) is 0 Å². The van der Waals surface area contributed by atoms with Gasteiger partial charge >= 0.3 is 0 Å². The molecule has 6 N–H and O–H groups in total. The van der Waals surface area contributed by atoms with Crippen molar-refractivity contribution in [1.82, 2.24) is 5.32 Å². The molecule has 0 aliphatic heterocycles. The highest BCUT2D eigenvalue weighted by atomic mass is 16.6. The van der Waals surface area contributed by atoms with Crippen LogP contribution in [-0.2, 0) is 14.3 Å². The molecule has 0 aromatic heterocycles. The van der Waals surface area contributed by atoms with E-state index in [1.54, 1.807) is 12.2 Å². The third-order valence-electron chi connectivity index (χ3n) is 9.92. The van der Waals surface area contributed by atoms with E-state index in [-0.39, 0.29) is 36.6 Å². The van der Waals surface area contributed by atoms with E-state index in [9.17, 15) is 19.8 Å². The van der Waals surface area contributed by atoms with Crippen LogP contribution in [0.3, 0.4) is 0 Å². The number of hydrogen-bond donors (Lipinski definition) is 5. The summed E-state index contributed by atoms with van der Waals surface area (Å²) in [5.41, 5.74) is 5.02. The van der Waals surface area contributed by atoms with Crippen LogP contribution in [0.25, 0.3) is 0 Å². The van der Waals surface area contributed by atoms with Crippen molar-refractivity contribution < 1.29 is 29.6 Å². The van der Waals surface area contributed by atoms with E-state index in [1.165, 1.54) is 0 Å². The molecule has 0 spiro atoms. The number of carbonyl (C=O) groups excluding carboxylic acids is 2. The first-order valence-corrected chi connectivity index (χ1v) is 13.6. The Morgan fingerprint density at radius 2 is 2.08 bits per heavy atom. The number of ether oxygens (including phenoxy) is 1. The number of Topliss-reactive ketones (excluding diaryl/α,β-unsaturated/α-hetero) is 1. The van der Waals surface area contributed by atoms with Gasteiger partial charge in [-0.05, 0) is 69.6 Å². The Balaban J connectivity index is 1.72. The van der Waals surface area contributed by atoms with Gasteiger partial charge in [-0.1, -0.05) is 38.8 Å². The minimum Gasteiger partial charge on any atom is -0.396 e. The summed E-state index contributed by atoms with van der Waals surface area (Å²) in [6, 6.07) is 0. The Labute approximate surface area is 214 Å². The Kier molecular flexibility index (Phi) is 7.70. The van der Waals surface area contributed by atoms with E-state index < -0.39 is 34.4 Å². The second-order valence-electron chi connectivity index (χ2n) is 11.9. The van der Waals surface area contributed by atoms with Crippen molar-refractivity contribution in [3.05, 3.63) is 23.8 Å². The third kappa shape index (κ3) is 4.14. The fraction of sp³-hybridized carbons (Fsp3) is 0.786. The van der Waals surface area contributed by atoms with Gasteiger partial charge in [0.15, 0.2) is 17.9 Å². The Morgan fingerprint density at radius 3 is 2.78 bits per heavy atom. The average Bonchev–Trinajstić information content (AvgIpc) is 3.10. The zero-order chi connectivity index (χ0) is 26.4. The van der Waals surface area contributed by atoms with Crippen molar-refractivity contribution >= 4 is 11.6 Å². The van der Waals surface area contributed by atoms with Crippen LogP contribution in [0.4, 0.5) is 0 Å². The maximum Gasteiger partial charge on any atom is 0.179 e. The fourth-order valence-corrected chi connectivity index (χ4v) is 8.35. The molecule has 0 saturated heterocycles. The molecule has 4 aliphatic rings. The molecule has 202 valence electrons. The van der Waals surface area contributed by atoms with Crippen LogP contribution < -0.4 is 11.1 Å². The summed E-state index contributed by atoms with van der Waals surface area (Å²) in [6.07, 6.45) is 7.69. The minimum atomic E-state index is -1.27. The highest BCUT2D eigenvalue weighted by molar-refractivity contribution is 6.01. The number of aliphatic hydroxyl groups is 3. The van der Waals surface area contributed by atoms with Crippen molar-refractivity contribution in [3.8, 4) is 0 Å². The highest BCUT2D eigenvalue weighted by Gasteiger charge is 2.73. The molecule has 8 atom stereocenters. The van der Waals surface area contributed by atoms with E-state index in [1.807, 2.05) is 19.9 Å². The molecule has 0 amide bonds. The number of hydrogen-bond acceptors (Lipinski definition) is 8. The lowest BCUT2D eigenvalue weighted by molar-refractivity contribution is -0.242. The van der Waals surface area contributed by atoms with Crippen molar-refractivity contribution in [2.24, 2.45) is 28.4 Å². The van der Waals surface area contributed by atoms with Gasteiger partial charge in [0, 0.05) is 28.9 Å². The summed E-state index contributed by atoms with van der Waals surface area (Å²) in [7, 11) is 0. The summed E-state index contributed by atoms with van der Waals surface area (Å²) in [6.45, 7) is 6.64. The Morgan fingerprint density at radius 1 is 1.33 bits per heavy atom. The van der Waals surface area contributed by atoms with E-state index >= 15 is 0 Å². The predicted octanol–water partition coefficient (Wildman–Crippen LogP) is 1.76. The first-order valence-electron chi connectivity index (χ1n) is 13.6. The molecule has 8 nitrogen and oxygen atoms in total. The fourth-order valence-electron chi connectivity index (χ4n) is 8.35. The minimum absolute atomic E-state index is 0.0281. The predicted molar refractivity (Wildman–Crippen MR) is 136 cm³/mol. The molecule has 3 fully saturated rings. The van der Waals surface area contributed by atoms with Gasteiger partial charge < -0.3 is 31.1 Å². The lowest BCUT2D eigenvalue weighted by atomic mass is 9.43. The van der Waals surface area contributed by atoms with E-state index in [0.29, 0.717) is 57.9 Å². The van der Waals surface area contributed by atoms with E-state index in [2.05, 4.69) is 12.2 Å². The summed E-state index contributed by atoms with van der Waals surface area (Å²) in [5, 5.41) is 34.7. The first kappa shape index (κ1) is 27.6. The van der Waals surface area contributed by atoms with Gasteiger partial charge in [0.05, 0.1) is 12.6 Å². The number of nitrogens with two attached hydrogens (primary N) is 1. The largest absolute Gasteiger partial charge is 0.396 e. The molecular formula is C28H44N2O6. The maximum absolute atomic E-state index is 13.9. The molecule has 0 heterocycles. The number of rotatable bonds is 10. The molecule has 8 heteroatoms. The molecule has 0 bridgehead atoms. The Hall–Kier alpha value is -1.42. The zero-order valence-corrected chi connectivity index (χ0v) is 22.0. The van der Waals surface area contributed by atoms with Crippen LogP contribution in [0, 0.1) is 22.7 Å². The van der Waals surface area contributed by atoms with Crippen molar-refractivity contribution in [2.45, 2.75) is 95.7 Å².